The minimum absolute atomic E-state index is 0.311. The number of hydrogen-bond donors (Lipinski definition) is 1. The number of carbonyl (C=O) groups is 1. The van der Waals surface area contributed by atoms with Crippen LogP contribution in [0.3, 0.4) is 0 Å². The highest BCUT2D eigenvalue weighted by molar-refractivity contribution is 5.97. The van der Waals surface area contributed by atoms with E-state index in [4.69, 9.17) is 9.47 Å². The van der Waals surface area contributed by atoms with E-state index >= 15 is 0 Å². The average Bonchev–Trinajstić information content (AvgIpc) is 3.53. The van der Waals surface area contributed by atoms with Gasteiger partial charge in [0.05, 0.1) is 5.56 Å². The molecule has 5 heteroatoms. The molecule has 0 saturated carbocycles. The molecule has 0 radical (unpaired) electrons. The lowest BCUT2D eigenvalue weighted by Gasteiger charge is -2.37. The molecule has 1 spiro atoms. The van der Waals surface area contributed by atoms with Gasteiger partial charge in [-0.25, -0.2) is 4.79 Å². The van der Waals surface area contributed by atoms with E-state index in [0.29, 0.717) is 17.2 Å². The standard InChI is InChI=1S/C36H36N2O3/c1-4-11-25-22-38(21-24(25)5-2)27-16-17-30-34(19-27)40-33-18-23(3)32(37-26-12-7-6-8-13-26)20-31(33)36(30)29-15-10-9-14-28(29)35(39)41-36/h6-10,12-20,24-25,37H,4-5,11,21-22H2,1-3H3. The zero-order valence-corrected chi connectivity index (χ0v) is 23.9. The molecule has 4 aromatic carbocycles. The molecule has 1 saturated heterocycles. The number of hydrogen-bond acceptors (Lipinski definition) is 5. The first-order valence-corrected chi connectivity index (χ1v) is 14.9. The zero-order valence-electron chi connectivity index (χ0n) is 23.9. The van der Waals surface area contributed by atoms with E-state index in [9.17, 15) is 4.79 Å². The minimum Gasteiger partial charge on any atom is -0.456 e. The van der Waals surface area contributed by atoms with Gasteiger partial charge in [-0.1, -0.05) is 63.1 Å². The number of rotatable bonds is 6. The second kappa shape index (κ2) is 9.99. The van der Waals surface area contributed by atoms with Crippen LogP contribution in [0.1, 0.15) is 65.7 Å². The fourth-order valence-electron chi connectivity index (χ4n) is 7.13. The number of fused-ring (bicyclic) bond motifs is 6. The van der Waals surface area contributed by atoms with Gasteiger partial charge in [-0.15, -0.1) is 0 Å². The first-order chi connectivity index (χ1) is 20.0. The van der Waals surface area contributed by atoms with Gasteiger partial charge in [0, 0.05) is 52.9 Å². The molecule has 0 aromatic heterocycles. The number of esters is 1. The van der Waals surface area contributed by atoms with Crippen molar-refractivity contribution in [1.29, 1.82) is 0 Å². The molecule has 0 bridgehead atoms. The number of nitrogens with one attached hydrogen (secondary N) is 1. The monoisotopic (exact) mass is 544 g/mol. The summed E-state index contributed by atoms with van der Waals surface area (Å²) in [6.45, 7) is 8.79. The highest BCUT2D eigenvalue weighted by atomic mass is 16.6. The molecule has 0 amide bonds. The Morgan fingerprint density at radius 2 is 1.61 bits per heavy atom. The summed E-state index contributed by atoms with van der Waals surface area (Å²) in [6, 6.07) is 28.4. The molecule has 3 unspecified atom stereocenters. The topological polar surface area (TPSA) is 50.8 Å². The second-order valence-electron chi connectivity index (χ2n) is 11.7. The molecule has 5 nitrogen and oxygen atoms in total. The van der Waals surface area contributed by atoms with E-state index in [1.54, 1.807) is 0 Å². The Hall–Kier alpha value is -4.25. The Labute approximate surface area is 242 Å². The highest BCUT2D eigenvalue weighted by Gasteiger charge is 2.53. The number of carbonyl (C=O) groups excluding carboxylic acids is 1. The summed E-state index contributed by atoms with van der Waals surface area (Å²) in [6.07, 6.45) is 3.68. The normalized spacial score (nSPS) is 22.1. The average molecular weight is 545 g/mol. The summed E-state index contributed by atoms with van der Waals surface area (Å²) in [5.41, 5.74) is 6.21. The first-order valence-electron chi connectivity index (χ1n) is 14.9. The van der Waals surface area contributed by atoms with Crippen LogP contribution >= 0.6 is 0 Å². The smallest absolute Gasteiger partial charge is 0.340 e. The predicted molar refractivity (Wildman–Crippen MR) is 164 cm³/mol. The first kappa shape index (κ1) is 25.7. The lowest BCUT2D eigenvalue weighted by Crippen LogP contribution is -2.33. The van der Waals surface area contributed by atoms with Crippen LogP contribution in [0.2, 0.25) is 0 Å². The Morgan fingerprint density at radius 3 is 2.41 bits per heavy atom. The van der Waals surface area contributed by atoms with Crippen LogP contribution in [0.25, 0.3) is 0 Å². The summed E-state index contributed by atoms with van der Waals surface area (Å²) in [5, 5.41) is 3.56. The maximum absolute atomic E-state index is 13.4. The van der Waals surface area contributed by atoms with Gasteiger partial charge in [0.15, 0.2) is 5.60 Å². The van der Waals surface area contributed by atoms with E-state index in [1.165, 1.54) is 19.3 Å². The van der Waals surface area contributed by atoms with Crippen molar-refractivity contribution in [2.45, 2.75) is 45.6 Å². The van der Waals surface area contributed by atoms with Crippen LogP contribution < -0.4 is 15.0 Å². The highest BCUT2D eigenvalue weighted by Crippen LogP contribution is 2.57. The Bertz CT molecular complexity index is 1630. The SMILES string of the molecule is CCCC1CN(c2ccc3c(c2)Oc2cc(C)c(Nc4ccccc4)cc2C32OC(=O)c3ccccc32)CC1CC. The number of nitrogens with zero attached hydrogens (tertiary/aromatic N) is 1. The second-order valence-corrected chi connectivity index (χ2v) is 11.7. The van der Waals surface area contributed by atoms with Crippen LogP contribution in [0, 0.1) is 18.8 Å². The zero-order chi connectivity index (χ0) is 28.1. The van der Waals surface area contributed by atoms with E-state index < -0.39 is 5.60 Å². The Balaban J connectivity index is 1.36. The molecular weight excluding hydrogens is 508 g/mol. The van der Waals surface area contributed by atoms with Crippen molar-refractivity contribution in [3.05, 3.63) is 113 Å². The van der Waals surface area contributed by atoms with E-state index in [-0.39, 0.29) is 5.97 Å². The molecule has 3 heterocycles. The van der Waals surface area contributed by atoms with E-state index in [1.807, 2.05) is 54.6 Å². The maximum Gasteiger partial charge on any atom is 0.340 e. The van der Waals surface area contributed by atoms with Gasteiger partial charge >= 0.3 is 5.97 Å². The molecule has 3 atom stereocenters. The molecule has 1 N–H and O–H groups in total. The van der Waals surface area contributed by atoms with Gasteiger partial charge in [-0.05, 0) is 73.2 Å². The van der Waals surface area contributed by atoms with Gasteiger partial charge in [0.2, 0.25) is 0 Å². The van der Waals surface area contributed by atoms with Crippen molar-refractivity contribution in [3.8, 4) is 11.5 Å². The molecule has 3 aliphatic heterocycles. The van der Waals surface area contributed by atoms with E-state index in [0.717, 1.165) is 64.1 Å². The third-order valence-electron chi connectivity index (χ3n) is 9.22. The van der Waals surface area contributed by atoms with Crippen molar-refractivity contribution in [3.63, 3.8) is 0 Å². The third kappa shape index (κ3) is 4.09. The lowest BCUT2D eigenvalue weighted by atomic mass is 9.77. The van der Waals surface area contributed by atoms with Gasteiger partial charge < -0.3 is 19.7 Å². The summed E-state index contributed by atoms with van der Waals surface area (Å²) < 4.78 is 13.1. The Morgan fingerprint density at radius 1 is 0.854 bits per heavy atom. The van der Waals surface area contributed by atoms with Crippen molar-refractivity contribution in [2.75, 3.05) is 23.3 Å². The van der Waals surface area contributed by atoms with Gasteiger partial charge in [-0.2, -0.15) is 0 Å². The molecule has 0 aliphatic carbocycles. The molecule has 4 aromatic rings. The summed E-state index contributed by atoms with van der Waals surface area (Å²) >= 11 is 0. The number of benzene rings is 4. The fraction of sp³-hybridized carbons (Fsp3) is 0.306. The van der Waals surface area contributed by atoms with Gasteiger partial charge in [0.1, 0.15) is 11.5 Å². The Kier molecular flexibility index (Phi) is 6.26. The third-order valence-corrected chi connectivity index (χ3v) is 9.22. The number of para-hydroxylation sites is 1. The van der Waals surface area contributed by atoms with Crippen LogP contribution in [0.4, 0.5) is 17.1 Å². The van der Waals surface area contributed by atoms with Crippen molar-refractivity contribution < 1.29 is 14.3 Å². The minimum atomic E-state index is -1.09. The van der Waals surface area contributed by atoms with Crippen LogP contribution in [0.5, 0.6) is 11.5 Å². The number of aryl methyl sites for hydroxylation is 1. The number of ether oxygens (including phenoxy) is 2. The molecule has 7 rings (SSSR count). The largest absolute Gasteiger partial charge is 0.456 e. The summed E-state index contributed by atoms with van der Waals surface area (Å²) in [4.78, 5) is 15.9. The summed E-state index contributed by atoms with van der Waals surface area (Å²) in [5.74, 6) is 2.57. The van der Waals surface area contributed by atoms with Crippen LogP contribution in [-0.4, -0.2) is 19.1 Å². The van der Waals surface area contributed by atoms with Crippen LogP contribution in [-0.2, 0) is 10.3 Å². The predicted octanol–water partition coefficient (Wildman–Crippen LogP) is 8.57. The molecular formula is C36H36N2O3. The van der Waals surface area contributed by atoms with Crippen LogP contribution in [0.15, 0.2) is 84.9 Å². The molecule has 1 fully saturated rings. The summed E-state index contributed by atoms with van der Waals surface area (Å²) in [7, 11) is 0. The van der Waals surface area contributed by atoms with Crippen molar-refractivity contribution in [2.24, 2.45) is 11.8 Å². The molecule has 208 valence electrons. The lowest BCUT2D eigenvalue weighted by molar-refractivity contribution is 0.0224. The quantitative estimate of drug-likeness (QED) is 0.246. The maximum atomic E-state index is 13.4. The van der Waals surface area contributed by atoms with Gasteiger partial charge in [0.25, 0.3) is 0 Å². The number of anilines is 3. The van der Waals surface area contributed by atoms with Crippen molar-refractivity contribution in [1.82, 2.24) is 0 Å². The van der Waals surface area contributed by atoms with Crippen molar-refractivity contribution >= 4 is 23.0 Å². The fourth-order valence-corrected chi connectivity index (χ4v) is 7.13. The van der Waals surface area contributed by atoms with Gasteiger partial charge in [-0.3, -0.25) is 0 Å². The molecule has 41 heavy (non-hydrogen) atoms. The van der Waals surface area contributed by atoms with E-state index in [2.05, 4.69) is 61.3 Å². The molecule has 3 aliphatic rings.